The molecule has 1 amide bonds. The normalized spacial score (nSPS) is 20.4. The van der Waals surface area contributed by atoms with Gasteiger partial charge in [0.1, 0.15) is 0 Å². The lowest BCUT2D eigenvalue weighted by molar-refractivity contribution is -0.122. The third kappa shape index (κ3) is 4.91. The molecule has 2 unspecified atom stereocenters. The number of piperidine rings is 1. The van der Waals surface area contributed by atoms with Crippen LogP contribution in [0.15, 0.2) is 28.7 Å². The van der Waals surface area contributed by atoms with E-state index in [1.165, 1.54) is 19.3 Å². The Labute approximate surface area is 129 Å². The minimum Gasteiger partial charge on any atom is -0.350 e. The van der Waals surface area contributed by atoms with E-state index in [0.29, 0.717) is 12.5 Å². The Balaban J connectivity index is 1.76. The molecule has 1 aliphatic rings. The van der Waals surface area contributed by atoms with E-state index in [9.17, 15) is 4.79 Å². The van der Waals surface area contributed by atoms with Crippen molar-refractivity contribution in [3.8, 4) is 0 Å². The van der Waals surface area contributed by atoms with Gasteiger partial charge in [0.25, 0.3) is 0 Å². The molecule has 2 rings (SSSR count). The fraction of sp³-hybridized carbons (Fsp3) is 0.562. The van der Waals surface area contributed by atoms with Gasteiger partial charge in [-0.1, -0.05) is 34.5 Å². The quantitative estimate of drug-likeness (QED) is 0.861. The molecule has 0 aromatic heterocycles. The van der Waals surface area contributed by atoms with Crippen LogP contribution in [0.2, 0.25) is 0 Å². The molecule has 110 valence electrons. The van der Waals surface area contributed by atoms with Crippen molar-refractivity contribution in [1.82, 2.24) is 10.6 Å². The Morgan fingerprint density at radius 3 is 3.05 bits per heavy atom. The van der Waals surface area contributed by atoms with Crippen LogP contribution in [0.5, 0.6) is 0 Å². The molecule has 4 heteroatoms. The van der Waals surface area contributed by atoms with Gasteiger partial charge in [-0.05, 0) is 50.4 Å². The summed E-state index contributed by atoms with van der Waals surface area (Å²) in [5.41, 5.74) is 1.13. The molecule has 1 aromatic rings. The zero-order chi connectivity index (χ0) is 14.4. The molecule has 1 fully saturated rings. The van der Waals surface area contributed by atoms with Gasteiger partial charge < -0.3 is 10.6 Å². The minimum atomic E-state index is 0.0549. The van der Waals surface area contributed by atoms with E-state index < -0.39 is 0 Å². The maximum atomic E-state index is 12.0. The van der Waals surface area contributed by atoms with Crippen LogP contribution in [0.1, 0.15) is 50.6 Å². The summed E-state index contributed by atoms with van der Waals surface area (Å²) in [4.78, 5) is 12.0. The highest BCUT2D eigenvalue weighted by atomic mass is 79.9. The van der Waals surface area contributed by atoms with E-state index in [1.54, 1.807) is 0 Å². The van der Waals surface area contributed by atoms with Gasteiger partial charge in [0.2, 0.25) is 5.91 Å². The molecule has 20 heavy (non-hydrogen) atoms. The van der Waals surface area contributed by atoms with Crippen molar-refractivity contribution in [3.63, 3.8) is 0 Å². The van der Waals surface area contributed by atoms with Crippen molar-refractivity contribution in [2.24, 2.45) is 0 Å². The number of hydrogen-bond acceptors (Lipinski definition) is 2. The van der Waals surface area contributed by atoms with Gasteiger partial charge in [0.05, 0.1) is 6.04 Å². The average Bonchev–Trinajstić information content (AvgIpc) is 2.46. The summed E-state index contributed by atoms with van der Waals surface area (Å²) in [5, 5.41) is 6.56. The first-order valence-corrected chi connectivity index (χ1v) is 8.22. The topological polar surface area (TPSA) is 41.1 Å². The second-order valence-corrected chi connectivity index (χ2v) is 6.45. The zero-order valence-electron chi connectivity index (χ0n) is 12.0. The van der Waals surface area contributed by atoms with Crippen LogP contribution >= 0.6 is 15.9 Å². The number of carbonyl (C=O) groups excluding carboxylic acids is 1. The first-order valence-electron chi connectivity index (χ1n) is 7.43. The molecule has 0 saturated carbocycles. The van der Waals surface area contributed by atoms with Crippen molar-refractivity contribution >= 4 is 21.8 Å². The number of hydrogen-bond donors (Lipinski definition) is 2. The summed E-state index contributed by atoms with van der Waals surface area (Å²) in [5.74, 6) is 0.143. The standard InChI is InChI=1S/C16H23BrN2O/c1-12(13-5-4-6-14(17)11-13)19-16(20)9-8-15-7-2-3-10-18-15/h4-6,11-12,15,18H,2-3,7-10H2,1H3,(H,19,20). The molecule has 1 aliphatic heterocycles. The molecule has 0 bridgehead atoms. The fourth-order valence-electron chi connectivity index (χ4n) is 2.65. The van der Waals surface area contributed by atoms with E-state index in [2.05, 4.69) is 26.6 Å². The number of amides is 1. The largest absolute Gasteiger partial charge is 0.350 e. The van der Waals surface area contributed by atoms with Gasteiger partial charge >= 0.3 is 0 Å². The van der Waals surface area contributed by atoms with Crippen molar-refractivity contribution in [3.05, 3.63) is 34.3 Å². The van der Waals surface area contributed by atoms with Gasteiger partial charge in [0.15, 0.2) is 0 Å². The van der Waals surface area contributed by atoms with Gasteiger partial charge in [-0.3, -0.25) is 4.79 Å². The van der Waals surface area contributed by atoms with Crippen LogP contribution in [0.3, 0.4) is 0 Å². The number of rotatable bonds is 5. The maximum absolute atomic E-state index is 12.0. The van der Waals surface area contributed by atoms with Crippen LogP contribution < -0.4 is 10.6 Å². The van der Waals surface area contributed by atoms with Crippen LogP contribution in [0.4, 0.5) is 0 Å². The molecule has 0 aliphatic carbocycles. The van der Waals surface area contributed by atoms with Crippen LogP contribution in [-0.2, 0) is 4.79 Å². The van der Waals surface area contributed by atoms with E-state index in [-0.39, 0.29) is 11.9 Å². The Kier molecular flexibility index (Phi) is 6.05. The second kappa shape index (κ2) is 7.79. The van der Waals surface area contributed by atoms with E-state index in [1.807, 2.05) is 31.2 Å². The predicted molar refractivity (Wildman–Crippen MR) is 85.6 cm³/mol. The van der Waals surface area contributed by atoms with Crippen molar-refractivity contribution in [2.45, 2.75) is 51.1 Å². The highest BCUT2D eigenvalue weighted by Gasteiger charge is 2.15. The summed E-state index contributed by atoms with van der Waals surface area (Å²) < 4.78 is 1.04. The smallest absolute Gasteiger partial charge is 0.220 e. The third-order valence-electron chi connectivity index (χ3n) is 3.86. The highest BCUT2D eigenvalue weighted by molar-refractivity contribution is 9.10. The Bertz CT molecular complexity index is 444. The molecule has 1 aromatic carbocycles. The van der Waals surface area contributed by atoms with Crippen LogP contribution in [-0.4, -0.2) is 18.5 Å². The molecular formula is C16H23BrN2O. The maximum Gasteiger partial charge on any atom is 0.220 e. The third-order valence-corrected chi connectivity index (χ3v) is 4.35. The number of benzene rings is 1. The summed E-state index contributed by atoms with van der Waals surface area (Å²) in [6, 6.07) is 8.65. The van der Waals surface area contributed by atoms with Gasteiger partial charge in [-0.25, -0.2) is 0 Å². The zero-order valence-corrected chi connectivity index (χ0v) is 13.6. The lowest BCUT2D eigenvalue weighted by Crippen LogP contribution is -2.35. The van der Waals surface area contributed by atoms with E-state index in [0.717, 1.165) is 23.0 Å². The molecule has 0 spiro atoms. The van der Waals surface area contributed by atoms with Gasteiger partial charge in [-0.2, -0.15) is 0 Å². The molecule has 3 nitrogen and oxygen atoms in total. The van der Waals surface area contributed by atoms with E-state index in [4.69, 9.17) is 0 Å². The SMILES string of the molecule is CC(NC(=O)CCC1CCCCN1)c1cccc(Br)c1. The number of carbonyl (C=O) groups is 1. The molecule has 2 N–H and O–H groups in total. The first kappa shape index (κ1) is 15.5. The monoisotopic (exact) mass is 338 g/mol. The Hall–Kier alpha value is -0.870. The van der Waals surface area contributed by atoms with E-state index >= 15 is 0 Å². The lowest BCUT2D eigenvalue weighted by atomic mass is 10.0. The molecule has 2 atom stereocenters. The average molecular weight is 339 g/mol. The number of nitrogens with one attached hydrogen (secondary N) is 2. The van der Waals surface area contributed by atoms with Crippen molar-refractivity contribution < 1.29 is 4.79 Å². The Morgan fingerprint density at radius 1 is 1.50 bits per heavy atom. The minimum absolute atomic E-state index is 0.0549. The molecule has 1 saturated heterocycles. The first-order chi connectivity index (χ1) is 9.65. The second-order valence-electron chi connectivity index (χ2n) is 5.53. The fourth-order valence-corrected chi connectivity index (χ4v) is 3.07. The van der Waals surface area contributed by atoms with Crippen LogP contribution in [0, 0.1) is 0 Å². The van der Waals surface area contributed by atoms with Crippen molar-refractivity contribution in [2.75, 3.05) is 6.54 Å². The molecular weight excluding hydrogens is 316 g/mol. The summed E-state index contributed by atoms with van der Waals surface area (Å²) >= 11 is 3.46. The highest BCUT2D eigenvalue weighted by Crippen LogP contribution is 2.18. The van der Waals surface area contributed by atoms with Gasteiger partial charge in [-0.15, -0.1) is 0 Å². The summed E-state index contributed by atoms with van der Waals surface area (Å²) in [6.45, 7) is 3.12. The lowest BCUT2D eigenvalue weighted by Gasteiger charge is -2.23. The van der Waals surface area contributed by atoms with Crippen LogP contribution in [0.25, 0.3) is 0 Å². The van der Waals surface area contributed by atoms with Gasteiger partial charge in [0, 0.05) is 16.9 Å². The van der Waals surface area contributed by atoms with Crippen molar-refractivity contribution in [1.29, 1.82) is 0 Å². The Morgan fingerprint density at radius 2 is 2.35 bits per heavy atom. The molecule has 0 radical (unpaired) electrons. The molecule has 1 heterocycles. The number of halogens is 1. The predicted octanol–water partition coefficient (Wildman–Crippen LogP) is 3.55. The summed E-state index contributed by atoms with van der Waals surface area (Å²) in [7, 11) is 0. The summed E-state index contributed by atoms with van der Waals surface area (Å²) in [6.07, 6.45) is 5.30.